The van der Waals surface area contributed by atoms with E-state index in [1.165, 1.54) is 0 Å². The summed E-state index contributed by atoms with van der Waals surface area (Å²) in [6, 6.07) is 3.92. The first kappa shape index (κ1) is 17.0. The smallest absolute Gasteiger partial charge is 0.316 e. The molecule has 26 heavy (non-hydrogen) atoms. The van der Waals surface area contributed by atoms with Crippen molar-refractivity contribution >= 4 is 5.91 Å². The van der Waals surface area contributed by atoms with Crippen LogP contribution in [0.4, 0.5) is 0 Å². The van der Waals surface area contributed by atoms with Crippen molar-refractivity contribution in [1.29, 1.82) is 0 Å². The summed E-state index contributed by atoms with van der Waals surface area (Å²) in [5.74, 6) is 1.22. The Kier molecular flexibility index (Phi) is 4.63. The predicted molar refractivity (Wildman–Crippen MR) is 92.9 cm³/mol. The van der Waals surface area contributed by atoms with Gasteiger partial charge in [-0.1, -0.05) is 0 Å². The molecule has 1 atom stereocenters. The van der Waals surface area contributed by atoms with Gasteiger partial charge in [0, 0.05) is 19.0 Å². The molecule has 4 heterocycles. The van der Waals surface area contributed by atoms with Crippen LogP contribution >= 0.6 is 0 Å². The van der Waals surface area contributed by atoms with Crippen molar-refractivity contribution in [2.75, 3.05) is 26.3 Å². The van der Waals surface area contributed by atoms with Crippen LogP contribution in [0.25, 0.3) is 0 Å². The molecule has 0 aromatic carbocycles. The highest BCUT2D eigenvalue weighted by atomic mass is 16.5. The Morgan fingerprint density at radius 1 is 1.38 bits per heavy atom. The number of furan rings is 1. The largest absolute Gasteiger partial charge is 0.469 e. The molecule has 0 saturated carbocycles. The molecule has 2 aliphatic heterocycles. The van der Waals surface area contributed by atoms with Gasteiger partial charge in [-0.25, -0.2) is 9.97 Å². The molecule has 0 N–H and O–H groups in total. The lowest BCUT2D eigenvalue weighted by molar-refractivity contribution is -0.166. The van der Waals surface area contributed by atoms with Crippen LogP contribution in [-0.2, 0) is 4.74 Å². The molecule has 0 bridgehead atoms. The maximum atomic E-state index is 12.5. The van der Waals surface area contributed by atoms with Crippen LogP contribution in [-0.4, -0.2) is 52.7 Å². The quantitative estimate of drug-likeness (QED) is 0.818. The Balaban J connectivity index is 1.27. The van der Waals surface area contributed by atoms with Crippen molar-refractivity contribution in [1.82, 2.24) is 14.9 Å². The highest BCUT2D eigenvalue weighted by molar-refractivity contribution is 5.95. The number of amides is 1. The zero-order valence-corrected chi connectivity index (χ0v) is 14.9. The summed E-state index contributed by atoms with van der Waals surface area (Å²) in [6.07, 6.45) is 7.83. The number of carbonyl (C=O) groups is 1. The molecule has 4 rings (SSSR count). The van der Waals surface area contributed by atoms with Crippen LogP contribution in [0, 0.1) is 12.8 Å². The van der Waals surface area contributed by atoms with Crippen molar-refractivity contribution in [2.45, 2.75) is 31.8 Å². The van der Waals surface area contributed by atoms with Gasteiger partial charge in [-0.2, -0.15) is 0 Å². The number of nitrogens with zero attached hydrogens (tertiary/aromatic N) is 3. The molecule has 0 aliphatic carbocycles. The number of likely N-dealkylation sites (tertiary alicyclic amines) is 1. The normalized spacial score (nSPS) is 21.4. The monoisotopic (exact) mass is 357 g/mol. The minimum absolute atomic E-state index is 0.0251. The summed E-state index contributed by atoms with van der Waals surface area (Å²) >= 11 is 0. The summed E-state index contributed by atoms with van der Waals surface area (Å²) in [7, 11) is 0. The maximum absolute atomic E-state index is 12.5. The molecular formula is C19H23N3O4. The fraction of sp³-hybridized carbons (Fsp3) is 0.526. The molecule has 2 saturated heterocycles. The molecular weight excluding hydrogens is 334 g/mol. The minimum atomic E-state index is -0.195. The summed E-state index contributed by atoms with van der Waals surface area (Å²) in [5, 5.41) is 0. The van der Waals surface area contributed by atoms with E-state index in [2.05, 4.69) is 9.97 Å². The number of carbonyl (C=O) groups excluding carboxylic acids is 1. The van der Waals surface area contributed by atoms with Crippen molar-refractivity contribution in [3.8, 4) is 6.01 Å². The van der Waals surface area contributed by atoms with Crippen molar-refractivity contribution < 1.29 is 18.7 Å². The van der Waals surface area contributed by atoms with E-state index >= 15 is 0 Å². The van der Waals surface area contributed by atoms with E-state index in [0.717, 1.165) is 25.9 Å². The van der Waals surface area contributed by atoms with Crippen LogP contribution in [0.2, 0.25) is 0 Å². The van der Waals surface area contributed by atoms with Crippen LogP contribution in [0.3, 0.4) is 0 Å². The Bertz CT molecular complexity index is 755. The molecule has 138 valence electrons. The number of aryl methyl sites for hydroxylation is 1. The molecule has 7 nitrogen and oxygen atoms in total. The number of aromatic nitrogens is 2. The third-order valence-corrected chi connectivity index (χ3v) is 5.23. The fourth-order valence-electron chi connectivity index (χ4n) is 3.84. The molecule has 0 unspecified atom stereocenters. The lowest BCUT2D eigenvalue weighted by Gasteiger charge is -2.53. The number of ether oxygens (including phenoxy) is 2. The Morgan fingerprint density at radius 3 is 2.92 bits per heavy atom. The van der Waals surface area contributed by atoms with E-state index in [-0.39, 0.29) is 11.5 Å². The lowest BCUT2D eigenvalue weighted by Crippen LogP contribution is -2.66. The van der Waals surface area contributed by atoms with Crippen LogP contribution in [0.1, 0.15) is 35.4 Å². The molecule has 1 amide bonds. The second-order valence-corrected chi connectivity index (χ2v) is 7.11. The zero-order valence-electron chi connectivity index (χ0n) is 14.9. The van der Waals surface area contributed by atoms with Gasteiger partial charge in [-0.05, 0) is 44.2 Å². The molecule has 2 aliphatic rings. The van der Waals surface area contributed by atoms with E-state index in [1.807, 2.05) is 11.8 Å². The van der Waals surface area contributed by atoms with Crippen molar-refractivity contribution in [2.24, 2.45) is 5.92 Å². The van der Waals surface area contributed by atoms with Gasteiger partial charge in [-0.3, -0.25) is 4.79 Å². The van der Waals surface area contributed by atoms with Crippen LogP contribution < -0.4 is 4.74 Å². The van der Waals surface area contributed by atoms with E-state index < -0.39 is 0 Å². The number of hydrogen-bond acceptors (Lipinski definition) is 6. The van der Waals surface area contributed by atoms with Crippen molar-refractivity contribution in [3.05, 3.63) is 42.1 Å². The average Bonchev–Trinajstić information content (AvgIpc) is 3.06. The van der Waals surface area contributed by atoms with Gasteiger partial charge in [0.05, 0.1) is 31.5 Å². The predicted octanol–water partition coefficient (Wildman–Crippen LogP) is 2.47. The Hall–Kier alpha value is -2.41. The Morgan fingerprint density at radius 2 is 2.19 bits per heavy atom. The van der Waals surface area contributed by atoms with Crippen molar-refractivity contribution in [3.63, 3.8) is 0 Å². The first-order valence-corrected chi connectivity index (χ1v) is 9.02. The van der Waals surface area contributed by atoms with Gasteiger partial charge >= 0.3 is 6.01 Å². The molecule has 0 radical (unpaired) electrons. The number of hydrogen-bond donors (Lipinski definition) is 0. The summed E-state index contributed by atoms with van der Waals surface area (Å²) in [6.45, 7) is 4.44. The SMILES string of the molecule is Cc1occc1C(=O)N1CC2(C[C@@H](CCOc3ncccn3)CCO2)C1. The minimum Gasteiger partial charge on any atom is -0.469 e. The third-order valence-electron chi connectivity index (χ3n) is 5.23. The van der Waals surface area contributed by atoms with Gasteiger partial charge in [0.25, 0.3) is 5.91 Å². The summed E-state index contributed by atoms with van der Waals surface area (Å²) in [4.78, 5) is 22.5. The molecule has 2 fully saturated rings. The average molecular weight is 357 g/mol. The third kappa shape index (κ3) is 3.44. The van der Waals surface area contributed by atoms with Gasteiger partial charge < -0.3 is 18.8 Å². The van der Waals surface area contributed by atoms with E-state index in [0.29, 0.717) is 42.9 Å². The maximum Gasteiger partial charge on any atom is 0.316 e. The summed E-state index contributed by atoms with van der Waals surface area (Å²) < 4.78 is 16.9. The topological polar surface area (TPSA) is 77.7 Å². The lowest BCUT2D eigenvalue weighted by atomic mass is 9.79. The second kappa shape index (κ2) is 7.07. The van der Waals surface area contributed by atoms with E-state index in [1.54, 1.807) is 30.8 Å². The van der Waals surface area contributed by atoms with Gasteiger partial charge in [0.15, 0.2) is 0 Å². The van der Waals surface area contributed by atoms with Gasteiger partial charge in [0.2, 0.25) is 0 Å². The van der Waals surface area contributed by atoms with Crippen LogP contribution in [0.5, 0.6) is 6.01 Å². The highest BCUT2D eigenvalue weighted by Crippen LogP contribution is 2.38. The Labute approximate surface area is 152 Å². The number of rotatable bonds is 5. The summed E-state index contributed by atoms with van der Waals surface area (Å²) in [5.41, 5.74) is 0.447. The highest BCUT2D eigenvalue weighted by Gasteiger charge is 2.49. The second-order valence-electron chi connectivity index (χ2n) is 7.11. The first-order valence-electron chi connectivity index (χ1n) is 9.02. The van der Waals surface area contributed by atoms with E-state index in [9.17, 15) is 4.79 Å². The molecule has 7 heteroatoms. The molecule has 2 aromatic heterocycles. The first-order chi connectivity index (χ1) is 12.7. The standard InChI is InChI=1S/C19H23N3O4/c1-14-16(5-9-24-14)17(23)22-12-19(13-22)11-15(4-10-26-19)3-8-25-18-20-6-2-7-21-18/h2,5-7,9,15H,3-4,8,10-13H2,1H3/t15-/m0/s1. The molecule has 1 spiro atoms. The molecule has 2 aromatic rings. The fourth-order valence-corrected chi connectivity index (χ4v) is 3.84. The van der Waals surface area contributed by atoms with Crippen LogP contribution in [0.15, 0.2) is 35.2 Å². The van der Waals surface area contributed by atoms with E-state index in [4.69, 9.17) is 13.9 Å². The zero-order chi connectivity index (χ0) is 18.0. The van der Waals surface area contributed by atoms with Gasteiger partial charge in [0.1, 0.15) is 11.4 Å². The van der Waals surface area contributed by atoms with Gasteiger partial charge in [-0.15, -0.1) is 0 Å².